The van der Waals surface area contributed by atoms with Gasteiger partial charge in [0.15, 0.2) is 12.2 Å². The lowest BCUT2D eigenvalue weighted by atomic mass is 9.74. The van der Waals surface area contributed by atoms with E-state index in [1.165, 1.54) is 12.0 Å². The molecule has 5 aromatic rings. The maximum Gasteiger partial charge on any atom is 0.258 e. The third-order valence-corrected chi connectivity index (χ3v) is 8.39. The number of ether oxygens (including phenoxy) is 1. The van der Waals surface area contributed by atoms with E-state index in [0.29, 0.717) is 42.3 Å². The van der Waals surface area contributed by atoms with Crippen LogP contribution in [0.2, 0.25) is 0 Å². The quantitative estimate of drug-likeness (QED) is 0.234. The Balaban J connectivity index is 1.07. The molecule has 4 aromatic carbocycles. The van der Waals surface area contributed by atoms with Crippen molar-refractivity contribution >= 4 is 17.5 Å². The minimum atomic E-state index is -0.193. The molecule has 7 heteroatoms. The Hall–Kier alpha value is -5.17. The number of amides is 2. The number of carbonyl (C=O) groups is 2. The molecule has 0 radical (unpaired) electrons. The molecule has 2 aliphatic rings. The van der Waals surface area contributed by atoms with Crippen LogP contribution in [0.3, 0.4) is 0 Å². The van der Waals surface area contributed by atoms with Crippen LogP contribution in [-0.2, 0) is 5.41 Å². The summed E-state index contributed by atoms with van der Waals surface area (Å²) in [6.07, 6.45) is 4.60. The molecule has 1 spiro atoms. The van der Waals surface area contributed by atoms with Gasteiger partial charge in [0.2, 0.25) is 0 Å². The second-order valence-electron chi connectivity index (χ2n) is 10.9. The lowest BCUT2D eigenvalue weighted by Crippen LogP contribution is -2.47. The molecule has 2 amide bonds. The van der Waals surface area contributed by atoms with Crippen LogP contribution in [0.1, 0.15) is 39.1 Å². The molecular weight excluding hydrogens is 526 g/mol. The van der Waals surface area contributed by atoms with E-state index in [1.807, 2.05) is 107 Å². The Kier molecular flexibility index (Phi) is 6.55. The third kappa shape index (κ3) is 4.73. The summed E-state index contributed by atoms with van der Waals surface area (Å²) in [5.41, 5.74) is 4.00. The summed E-state index contributed by atoms with van der Waals surface area (Å²) in [5.74, 6) is 2.03. The molecule has 0 bridgehead atoms. The molecule has 0 unspecified atom stereocenters. The van der Waals surface area contributed by atoms with Gasteiger partial charge in [0.05, 0.1) is 6.20 Å². The zero-order valence-corrected chi connectivity index (χ0v) is 23.0. The first-order chi connectivity index (χ1) is 20.6. The normalized spacial score (nSPS) is 15.4. The fourth-order valence-electron chi connectivity index (χ4n) is 6.17. The lowest BCUT2D eigenvalue weighted by Gasteiger charge is -2.40. The SMILES string of the molecule is O=C(c1cccc(-c2cnco2)c1)N1CCC2(CC1)CN(C(=O)c1ccc(Oc3ccccc3)cc1)c1ccccc12. The Morgan fingerprint density at radius 3 is 2.26 bits per heavy atom. The van der Waals surface area contributed by atoms with E-state index >= 15 is 0 Å². The van der Waals surface area contributed by atoms with Gasteiger partial charge in [0, 0.05) is 47.4 Å². The molecule has 7 nitrogen and oxygen atoms in total. The summed E-state index contributed by atoms with van der Waals surface area (Å²) < 4.78 is 11.3. The Bertz CT molecular complexity index is 1720. The molecule has 208 valence electrons. The number of anilines is 1. The van der Waals surface area contributed by atoms with E-state index in [4.69, 9.17) is 9.15 Å². The van der Waals surface area contributed by atoms with Crippen molar-refractivity contribution in [1.29, 1.82) is 0 Å². The highest BCUT2D eigenvalue weighted by Crippen LogP contribution is 2.47. The number of para-hydroxylation sites is 2. The topological polar surface area (TPSA) is 75.9 Å². The molecule has 42 heavy (non-hydrogen) atoms. The average molecular weight is 556 g/mol. The largest absolute Gasteiger partial charge is 0.457 e. The van der Waals surface area contributed by atoms with Gasteiger partial charge in [-0.1, -0.05) is 48.5 Å². The van der Waals surface area contributed by atoms with Gasteiger partial charge in [-0.3, -0.25) is 9.59 Å². The first-order valence-corrected chi connectivity index (χ1v) is 14.1. The highest BCUT2D eigenvalue weighted by atomic mass is 16.5. The summed E-state index contributed by atoms with van der Waals surface area (Å²) in [4.78, 5) is 35.1. The number of hydrogen-bond acceptors (Lipinski definition) is 5. The van der Waals surface area contributed by atoms with E-state index in [-0.39, 0.29) is 17.2 Å². The van der Waals surface area contributed by atoms with Crippen LogP contribution in [0.4, 0.5) is 5.69 Å². The van der Waals surface area contributed by atoms with Gasteiger partial charge >= 0.3 is 0 Å². The van der Waals surface area contributed by atoms with Gasteiger partial charge in [-0.15, -0.1) is 0 Å². The van der Waals surface area contributed by atoms with Gasteiger partial charge in [0.1, 0.15) is 11.5 Å². The van der Waals surface area contributed by atoms with E-state index in [2.05, 4.69) is 11.1 Å². The van der Waals surface area contributed by atoms with E-state index in [0.717, 1.165) is 29.8 Å². The Morgan fingerprint density at radius 2 is 1.50 bits per heavy atom. The van der Waals surface area contributed by atoms with Crippen LogP contribution in [0.15, 0.2) is 120 Å². The monoisotopic (exact) mass is 555 g/mol. The average Bonchev–Trinajstić information content (AvgIpc) is 3.70. The van der Waals surface area contributed by atoms with E-state index in [1.54, 1.807) is 6.20 Å². The minimum Gasteiger partial charge on any atom is -0.457 e. The molecule has 0 atom stereocenters. The fourth-order valence-corrected chi connectivity index (χ4v) is 6.17. The molecule has 0 saturated carbocycles. The molecule has 0 aliphatic carbocycles. The van der Waals surface area contributed by atoms with Gasteiger partial charge in [-0.2, -0.15) is 0 Å². The molecule has 1 aromatic heterocycles. The first kappa shape index (κ1) is 25.8. The number of hydrogen-bond donors (Lipinski definition) is 0. The standard InChI is InChI=1S/C35H29N3O4/c39-33(27-8-6-7-26(21-27)32-22-36-24-41-32)37-19-17-35(18-20-37)23-38(31-12-5-4-11-30(31)35)34(40)25-13-15-29(16-14-25)42-28-9-2-1-3-10-28/h1-16,21-22,24H,17-20,23H2. The number of likely N-dealkylation sites (tertiary alicyclic amines) is 1. The number of carbonyl (C=O) groups excluding carboxylic acids is 2. The van der Waals surface area contributed by atoms with Crippen molar-refractivity contribution in [2.45, 2.75) is 18.3 Å². The van der Waals surface area contributed by atoms with Gasteiger partial charge < -0.3 is 19.0 Å². The van der Waals surface area contributed by atoms with Gasteiger partial charge in [-0.05, 0) is 73.0 Å². The maximum atomic E-state index is 13.8. The summed E-state index contributed by atoms with van der Waals surface area (Å²) in [6, 6.07) is 32.6. The van der Waals surface area contributed by atoms with Crippen LogP contribution >= 0.6 is 0 Å². The highest BCUT2D eigenvalue weighted by Gasteiger charge is 2.46. The molecule has 1 saturated heterocycles. The van der Waals surface area contributed by atoms with Crippen molar-refractivity contribution in [1.82, 2.24) is 9.88 Å². The van der Waals surface area contributed by atoms with Crippen LogP contribution in [0, 0.1) is 0 Å². The van der Waals surface area contributed by atoms with Crippen LogP contribution in [-0.4, -0.2) is 41.3 Å². The van der Waals surface area contributed by atoms with Crippen LogP contribution in [0.5, 0.6) is 11.5 Å². The van der Waals surface area contributed by atoms with Crippen LogP contribution < -0.4 is 9.64 Å². The van der Waals surface area contributed by atoms with Crippen molar-refractivity contribution in [2.75, 3.05) is 24.5 Å². The second-order valence-corrected chi connectivity index (χ2v) is 10.9. The zero-order chi connectivity index (χ0) is 28.5. The number of fused-ring (bicyclic) bond motifs is 2. The predicted octanol–water partition coefficient (Wildman–Crippen LogP) is 6.97. The summed E-state index contributed by atoms with van der Waals surface area (Å²) >= 11 is 0. The van der Waals surface area contributed by atoms with Crippen LogP contribution in [0.25, 0.3) is 11.3 Å². The Morgan fingerprint density at radius 1 is 0.762 bits per heavy atom. The summed E-state index contributed by atoms with van der Waals surface area (Å²) in [7, 11) is 0. The fraction of sp³-hybridized carbons (Fsp3) is 0.171. The van der Waals surface area contributed by atoms with Gasteiger partial charge in [-0.25, -0.2) is 4.98 Å². The molecule has 7 rings (SSSR count). The summed E-state index contributed by atoms with van der Waals surface area (Å²) in [5, 5.41) is 0. The molecule has 3 heterocycles. The van der Waals surface area contributed by atoms with Crippen molar-refractivity contribution in [3.05, 3.63) is 132 Å². The molecule has 1 fully saturated rings. The number of piperidine rings is 1. The number of nitrogens with zero attached hydrogens (tertiary/aromatic N) is 3. The predicted molar refractivity (Wildman–Crippen MR) is 160 cm³/mol. The summed E-state index contributed by atoms with van der Waals surface area (Å²) in [6.45, 7) is 1.83. The number of aromatic nitrogens is 1. The smallest absolute Gasteiger partial charge is 0.258 e. The highest BCUT2D eigenvalue weighted by molar-refractivity contribution is 6.08. The van der Waals surface area contributed by atoms with E-state index in [9.17, 15) is 9.59 Å². The number of oxazole rings is 1. The third-order valence-electron chi connectivity index (χ3n) is 8.39. The van der Waals surface area contributed by atoms with Crippen molar-refractivity contribution in [3.63, 3.8) is 0 Å². The van der Waals surface area contributed by atoms with Crippen molar-refractivity contribution < 1.29 is 18.7 Å². The lowest BCUT2D eigenvalue weighted by molar-refractivity contribution is 0.0671. The molecular formula is C35H29N3O4. The molecule has 2 aliphatic heterocycles. The minimum absolute atomic E-state index is 0.00300. The zero-order valence-electron chi connectivity index (χ0n) is 23.0. The van der Waals surface area contributed by atoms with E-state index < -0.39 is 0 Å². The Labute approximate surface area is 244 Å². The number of rotatable bonds is 5. The van der Waals surface area contributed by atoms with Crippen molar-refractivity contribution in [3.8, 4) is 22.8 Å². The van der Waals surface area contributed by atoms with Crippen molar-refractivity contribution in [2.24, 2.45) is 0 Å². The second kappa shape index (κ2) is 10.7. The first-order valence-electron chi connectivity index (χ1n) is 14.1. The maximum absolute atomic E-state index is 13.8. The van der Waals surface area contributed by atoms with Gasteiger partial charge in [0.25, 0.3) is 11.8 Å². The molecule has 0 N–H and O–H groups in total. The number of benzene rings is 4.